The standard InChI is InChI=1S/C13H16BrClO2/c1-8-5-10(11(15)6-9(8)2)13(14)12-7-16-3-4-17-12/h5-6,12-13H,3-4,7H2,1-2H3. The predicted molar refractivity (Wildman–Crippen MR) is 73.2 cm³/mol. The lowest BCUT2D eigenvalue weighted by Gasteiger charge is -2.28. The van der Waals surface area contributed by atoms with Crippen molar-refractivity contribution in [3.63, 3.8) is 0 Å². The Morgan fingerprint density at radius 1 is 1.29 bits per heavy atom. The topological polar surface area (TPSA) is 18.5 Å². The highest BCUT2D eigenvalue weighted by Gasteiger charge is 2.26. The third-order valence-corrected chi connectivity index (χ3v) is 4.49. The number of halogens is 2. The van der Waals surface area contributed by atoms with Crippen LogP contribution in [0.15, 0.2) is 12.1 Å². The summed E-state index contributed by atoms with van der Waals surface area (Å²) in [7, 11) is 0. The molecule has 1 aromatic rings. The second-order valence-corrected chi connectivity index (χ2v) is 5.74. The molecule has 0 saturated carbocycles. The van der Waals surface area contributed by atoms with E-state index in [2.05, 4.69) is 35.8 Å². The van der Waals surface area contributed by atoms with Crippen LogP contribution in [0.5, 0.6) is 0 Å². The predicted octanol–water partition coefficient (Wildman–Crippen LogP) is 3.81. The van der Waals surface area contributed by atoms with Gasteiger partial charge in [-0.1, -0.05) is 33.6 Å². The van der Waals surface area contributed by atoms with Crippen LogP contribution >= 0.6 is 27.5 Å². The second-order valence-electron chi connectivity index (χ2n) is 4.34. The maximum absolute atomic E-state index is 6.29. The minimum absolute atomic E-state index is 0.0309. The van der Waals surface area contributed by atoms with E-state index in [-0.39, 0.29) is 10.9 Å². The molecular formula is C13H16BrClO2. The largest absolute Gasteiger partial charge is 0.376 e. The number of hydrogen-bond acceptors (Lipinski definition) is 2. The van der Waals surface area contributed by atoms with Crippen molar-refractivity contribution in [3.8, 4) is 0 Å². The normalized spacial score (nSPS) is 22.5. The summed E-state index contributed by atoms with van der Waals surface area (Å²) >= 11 is 9.96. The molecule has 1 aromatic carbocycles. The van der Waals surface area contributed by atoms with E-state index in [0.717, 1.165) is 10.6 Å². The van der Waals surface area contributed by atoms with E-state index in [1.807, 2.05) is 6.07 Å². The Labute approximate surface area is 115 Å². The first-order chi connectivity index (χ1) is 8.09. The van der Waals surface area contributed by atoms with E-state index < -0.39 is 0 Å². The molecule has 1 heterocycles. The molecular weight excluding hydrogens is 303 g/mol. The minimum Gasteiger partial charge on any atom is -0.376 e. The van der Waals surface area contributed by atoms with Gasteiger partial charge in [0.1, 0.15) is 0 Å². The lowest BCUT2D eigenvalue weighted by atomic mass is 10.0. The summed E-state index contributed by atoms with van der Waals surface area (Å²) in [5.41, 5.74) is 3.52. The molecule has 0 N–H and O–H groups in total. The Morgan fingerprint density at radius 2 is 2.00 bits per heavy atom. The van der Waals surface area contributed by atoms with Crippen molar-refractivity contribution in [1.29, 1.82) is 0 Å². The Bertz CT molecular complexity index is 403. The molecule has 0 bridgehead atoms. The van der Waals surface area contributed by atoms with Crippen LogP contribution in [0.1, 0.15) is 21.5 Å². The Morgan fingerprint density at radius 3 is 2.65 bits per heavy atom. The first-order valence-corrected chi connectivity index (χ1v) is 6.99. The Kier molecular flexibility index (Phi) is 4.47. The van der Waals surface area contributed by atoms with Gasteiger partial charge in [0.25, 0.3) is 0 Å². The molecule has 0 aliphatic carbocycles. The maximum atomic E-state index is 6.29. The quantitative estimate of drug-likeness (QED) is 0.772. The van der Waals surface area contributed by atoms with Crippen LogP contribution in [0.25, 0.3) is 0 Å². The third kappa shape index (κ3) is 3.02. The molecule has 0 radical (unpaired) electrons. The molecule has 2 atom stereocenters. The molecule has 94 valence electrons. The number of alkyl halides is 1. The Hall–Kier alpha value is -0.0900. The summed E-state index contributed by atoms with van der Waals surface area (Å²) < 4.78 is 11.1. The first-order valence-electron chi connectivity index (χ1n) is 5.69. The van der Waals surface area contributed by atoms with Gasteiger partial charge in [-0.25, -0.2) is 0 Å². The fourth-order valence-electron chi connectivity index (χ4n) is 1.89. The SMILES string of the molecule is Cc1cc(Cl)c(C(Br)C2COCCO2)cc1C. The summed E-state index contributed by atoms with van der Waals surface area (Å²) in [6, 6.07) is 4.12. The van der Waals surface area contributed by atoms with Crippen LogP contribution < -0.4 is 0 Å². The van der Waals surface area contributed by atoms with Crippen molar-refractivity contribution in [2.75, 3.05) is 19.8 Å². The highest BCUT2D eigenvalue weighted by molar-refractivity contribution is 9.09. The molecule has 0 spiro atoms. The van der Waals surface area contributed by atoms with Gasteiger partial charge in [-0.2, -0.15) is 0 Å². The molecule has 0 amide bonds. The van der Waals surface area contributed by atoms with Gasteiger partial charge >= 0.3 is 0 Å². The molecule has 1 aliphatic rings. The fraction of sp³-hybridized carbons (Fsp3) is 0.538. The second kappa shape index (κ2) is 5.70. The highest BCUT2D eigenvalue weighted by atomic mass is 79.9. The zero-order valence-corrected chi connectivity index (χ0v) is 12.3. The van der Waals surface area contributed by atoms with E-state index in [9.17, 15) is 0 Å². The Balaban J connectivity index is 2.23. The van der Waals surface area contributed by atoms with E-state index in [0.29, 0.717) is 19.8 Å². The van der Waals surface area contributed by atoms with Crippen LogP contribution in [-0.2, 0) is 9.47 Å². The van der Waals surface area contributed by atoms with E-state index in [4.69, 9.17) is 21.1 Å². The number of hydrogen-bond donors (Lipinski definition) is 0. The molecule has 4 heteroatoms. The van der Waals surface area contributed by atoms with Gasteiger partial charge in [0.05, 0.1) is 30.8 Å². The average molecular weight is 320 g/mol. The van der Waals surface area contributed by atoms with Gasteiger partial charge in [0.15, 0.2) is 0 Å². The number of aryl methyl sites for hydroxylation is 2. The average Bonchev–Trinajstić information content (AvgIpc) is 2.34. The summed E-state index contributed by atoms with van der Waals surface area (Å²) in [5, 5.41) is 0.782. The lowest BCUT2D eigenvalue weighted by Crippen LogP contribution is -2.31. The maximum Gasteiger partial charge on any atom is 0.0975 e. The van der Waals surface area contributed by atoms with E-state index in [1.165, 1.54) is 11.1 Å². The van der Waals surface area contributed by atoms with Crippen LogP contribution in [0.2, 0.25) is 5.02 Å². The third-order valence-electron chi connectivity index (χ3n) is 3.08. The lowest BCUT2D eigenvalue weighted by molar-refractivity contribution is -0.0876. The van der Waals surface area contributed by atoms with Crippen molar-refractivity contribution in [3.05, 3.63) is 33.8 Å². The van der Waals surface area contributed by atoms with Gasteiger partial charge in [-0.3, -0.25) is 0 Å². The van der Waals surface area contributed by atoms with Gasteiger partial charge in [-0.05, 0) is 36.6 Å². The smallest absolute Gasteiger partial charge is 0.0975 e. The van der Waals surface area contributed by atoms with Crippen LogP contribution in [0, 0.1) is 13.8 Å². The first kappa shape index (κ1) is 13.3. The number of benzene rings is 1. The van der Waals surface area contributed by atoms with E-state index in [1.54, 1.807) is 0 Å². The molecule has 1 fully saturated rings. The van der Waals surface area contributed by atoms with Crippen LogP contribution in [0.3, 0.4) is 0 Å². The zero-order valence-electron chi connectivity index (χ0n) is 10.0. The molecule has 1 aliphatic heterocycles. The molecule has 2 rings (SSSR count). The van der Waals surface area contributed by atoms with Crippen molar-refractivity contribution < 1.29 is 9.47 Å². The van der Waals surface area contributed by atoms with Crippen molar-refractivity contribution in [1.82, 2.24) is 0 Å². The molecule has 0 aromatic heterocycles. The summed E-state index contributed by atoms with van der Waals surface area (Å²) in [4.78, 5) is 0.0783. The van der Waals surface area contributed by atoms with Crippen LogP contribution in [-0.4, -0.2) is 25.9 Å². The molecule has 2 nitrogen and oxygen atoms in total. The summed E-state index contributed by atoms with van der Waals surface area (Å²) in [6.07, 6.45) is 0.0309. The highest BCUT2D eigenvalue weighted by Crippen LogP contribution is 2.35. The van der Waals surface area contributed by atoms with E-state index >= 15 is 0 Å². The number of rotatable bonds is 2. The van der Waals surface area contributed by atoms with Crippen molar-refractivity contribution >= 4 is 27.5 Å². The van der Waals surface area contributed by atoms with Gasteiger partial charge in [-0.15, -0.1) is 0 Å². The summed E-state index contributed by atoms with van der Waals surface area (Å²) in [6.45, 7) is 6.09. The summed E-state index contributed by atoms with van der Waals surface area (Å²) in [5.74, 6) is 0. The minimum atomic E-state index is 0.0309. The molecule has 2 unspecified atom stereocenters. The zero-order chi connectivity index (χ0) is 12.4. The van der Waals surface area contributed by atoms with Crippen LogP contribution in [0.4, 0.5) is 0 Å². The molecule has 1 saturated heterocycles. The van der Waals surface area contributed by atoms with Gasteiger partial charge in [0, 0.05) is 5.02 Å². The van der Waals surface area contributed by atoms with Crippen molar-refractivity contribution in [2.45, 2.75) is 24.8 Å². The molecule has 17 heavy (non-hydrogen) atoms. The van der Waals surface area contributed by atoms with Gasteiger partial charge < -0.3 is 9.47 Å². The fourth-order valence-corrected chi connectivity index (χ4v) is 3.04. The monoisotopic (exact) mass is 318 g/mol. The van der Waals surface area contributed by atoms with Crippen molar-refractivity contribution in [2.24, 2.45) is 0 Å². The number of ether oxygens (including phenoxy) is 2. The van der Waals surface area contributed by atoms with Gasteiger partial charge in [0.2, 0.25) is 0 Å².